The van der Waals surface area contributed by atoms with Gasteiger partial charge in [-0.15, -0.1) is 0 Å². The number of nitrogens with zero attached hydrogens (tertiary/aromatic N) is 3. The fourth-order valence-electron chi connectivity index (χ4n) is 4.95. The quantitative estimate of drug-likeness (QED) is 0.602. The normalized spacial score (nSPS) is 17.0. The van der Waals surface area contributed by atoms with Crippen molar-refractivity contribution in [1.29, 1.82) is 0 Å². The van der Waals surface area contributed by atoms with E-state index in [-0.39, 0.29) is 24.3 Å². The van der Waals surface area contributed by atoms with E-state index in [1.807, 2.05) is 23.1 Å². The molecule has 0 radical (unpaired) electrons. The van der Waals surface area contributed by atoms with Gasteiger partial charge in [0.05, 0.1) is 39.2 Å². The molecule has 4 rings (SSSR count). The number of ether oxygens (including phenoxy) is 3. The van der Waals surface area contributed by atoms with Crippen molar-refractivity contribution in [2.24, 2.45) is 5.92 Å². The van der Waals surface area contributed by atoms with E-state index in [0.717, 1.165) is 50.5 Å². The molecule has 9 nitrogen and oxygen atoms in total. The number of piperazine rings is 1. The summed E-state index contributed by atoms with van der Waals surface area (Å²) in [5.41, 5.74) is 1.69. The van der Waals surface area contributed by atoms with Gasteiger partial charge in [0.15, 0.2) is 0 Å². The molecule has 2 aliphatic heterocycles. The van der Waals surface area contributed by atoms with Crippen LogP contribution in [0.1, 0.15) is 12.8 Å². The van der Waals surface area contributed by atoms with Crippen LogP contribution in [0.25, 0.3) is 0 Å². The first-order chi connectivity index (χ1) is 17.5. The molecule has 0 atom stereocenters. The van der Waals surface area contributed by atoms with Crippen molar-refractivity contribution in [3.63, 3.8) is 0 Å². The lowest BCUT2D eigenvalue weighted by Crippen LogP contribution is -2.52. The number of rotatable bonds is 8. The summed E-state index contributed by atoms with van der Waals surface area (Å²) in [5, 5.41) is 2.92. The van der Waals surface area contributed by atoms with Crippen molar-refractivity contribution < 1.29 is 23.8 Å². The van der Waals surface area contributed by atoms with Crippen LogP contribution in [0.4, 0.5) is 11.4 Å². The molecular formula is C27H36N4O5. The number of methoxy groups -OCH3 is 3. The Balaban J connectivity index is 1.22. The average Bonchev–Trinajstić information content (AvgIpc) is 2.93. The molecule has 2 aromatic rings. The SMILES string of the molecule is COc1ccc(NC(=O)CN2CCC(C(=O)N3CCN(c4ccccc4OC)CC3)CC2)c(OC)c1. The van der Waals surface area contributed by atoms with Gasteiger partial charge in [0.2, 0.25) is 11.8 Å². The molecule has 2 aliphatic rings. The predicted molar refractivity (Wildman–Crippen MR) is 139 cm³/mol. The van der Waals surface area contributed by atoms with Crippen LogP contribution in [0.5, 0.6) is 17.2 Å². The third-order valence-electron chi connectivity index (χ3n) is 7.00. The standard InChI is InChI=1S/C27H36N4O5/c1-34-21-8-9-22(25(18-21)36-3)28-26(32)19-29-12-10-20(11-13-29)27(33)31-16-14-30(15-17-31)23-6-4-5-7-24(23)35-2/h4-9,18,20H,10-17,19H2,1-3H3,(H,28,32). The summed E-state index contributed by atoms with van der Waals surface area (Å²) in [6.45, 7) is 4.75. The van der Waals surface area contributed by atoms with Gasteiger partial charge in [-0.25, -0.2) is 0 Å². The molecule has 2 saturated heterocycles. The van der Waals surface area contributed by atoms with E-state index in [4.69, 9.17) is 14.2 Å². The Bertz CT molecular complexity index is 1050. The fraction of sp³-hybridized carbons (Fsp3) is 0.481. The van der Waals surface area contributed by atoms with Crippen molar-refractivity contribution in [2.75, 3.05) is 77.4 Å². The molecule has 2 heterocycles. The monoisotopic (exact) mass is 496 g/mol. The highest BCUT2D eigenvalue weighted by Gasteiger charge is 2.31. The van der Waals surface area contributed by atoms with Crippen LogP contribution >= 0.6 is 0 Å². The molecule has 2 aromatic carbocycles. The number of piperidine rings is 1. The zero-order valence-electron chi connectivity index (χ0n) is 21.4. The third kappa shape index (κ3) is 6.02. The lowest BCUT2D eigenvalue weighted by molar-refractivity contribution is -0.137. The van der Waals surface area contributed by atoms with Crippen molar-refractivity contribution in [3.8, 4) is 17.2 Å². The first-order valence-electron chi connectivity index (χ1n) is 12.4. The molecule has 2 fully saturated rings. The van der Waals surface area contributed by atoms with E-state index in [2.05, 4.69) is 21.2 Å². The number of likely N-dealkylation sites (tertiary alicyclic amines) is 1. The Hall–Kier alpha value is -3.46. The van der Waals surface area contributed by atoms with Gasteiger partial charge in [-0.2, -0.15) is 0 Å². The van der Waals surface area contributed by atoms with Crippen LogP contribution in [0.3, 0.4) is 0 Å². The number of hydrogen-bond donors (Lipinski definition) is 1. The second-order valence-corrected chi connectivity index (χ2v) is 9.15. The lowest BCUT2D eigenvalue weighted by Gasteiger charge is -2.39. The average molecular weight is 497 g/mol. The topological polar surface area (TPSA) is 83.6 Å². The van der Waals surface area contributed by atoms with Crippen molar-refractivity contribution in [2.45, 2.75) is 12.8 Å². The number of benzene rings is 2. The number of carbonyl (C=O) groups excluding carboxylic acids is 2. The second kappa shape index (κ2) is 12.0. The summed E-state index contributed by atoms with van der Waals surface area (Å²) in [6.07, 6.45) is 1.54. The minimum atomic E-state index is -0.101. The van der Waals surface area contributed by atoms with Gasteiger partial charge in [-0.05, 0) is 50.2 Å². The molecule has 0 spiro atoms. The van der Waals surface area contributed by atoms with Gasteiger partial charge in [-0.1, -0.05) is 12.1 Å². The van der Waals surface area contributed by atoms with Crippen LogP contribution in [0.15, 0.2) is 42.5 Å². The second-order valence-electron chi connectivity index (χ2n) is 9.15. The highest BCUT2D eigenvalue weighted by Crippen LogP contribution is 2.30. The Morgan fingerprint density at radius 3 is 2.22 bits per heavy atom. The molecule has 0 aromatic heterocycles. The molecular weight excluding hydrogens is 460 g/mol. The summed E-state index contributed by atoms with van der Waals surface area (Å²) in [4.78, 5) is 32.2. The molecule has 9 heteroatoms. The highest BCUT2D eigenvalue weighted by atomic mass is 16.5. The van der Waals surface area contributed by atoms with Gasteiger partial charge < -0.3 is 29.3 Å². The van der Waals surface area contributed by atoms with Gasteiger partial charge in [0.25, 0.3) is 0 Å². The maximum atomic E-state index is 13.2. The van der Waals surface area contributed by atoms with E-state index in [1.165, 1.54) is 0 Å². The zero-order valence-corrected chi connectivity index (χ0v) is 21.4. The van der Waals surface area contributed by atoms with Crippen LogP contribution in [-0.4, -0.2) is 88.8 Å². The molecule has 194 valence electrons. The molecule has 0 saturated carbocycles. The number of para-hydroxylation sites is 2. The maximum Gasteiger partial charge on any atom is 0.238 e. The Kier molecular flexibility index (Phi) is 8.53. The molecule has 36 heavy (non-hydrogen) atoms. The number of anilines is 2. The van der Waals surface area contributed by atoms with Crippen LogP contribution in [-0.2, 0) is 9.59 Å². The molecule has 0 unspecified atom stereocenters. The Morgan fingerprint density at radius 1 is 0.861 bits per heavy atom. The van der Waals surface area contributed by atoms with E-state index in [9.17, 15) is 9.59 Å². The minimum Gasteiger partial charge on any atom is -0.497 e. The number of amides is 2. The number of hydrogen-bond acceptors (Lipinski definition) is 7. The summed E-state index contributed by atoms with van der Waals surface area (Å²) in [6, 6.07) is 13.3. The molecule has 2 amide bonds. The van der Waals surface area contributed by atoms with E-state index >= 15 is 0 Å². The lowest BCUT2D eigenvalue weighted by atomic mass is 9.95. The summed E-state index contributed by atoms with van der Waals surface area (Å²) in [5.74, 6) is 2.23. The summed E-state index contributed by atoms with van der Waals surface area (Å²) in [7, 11) is 4.83. The largest absolute Gasteiger partial charge is 0.497 e. The third-order valence-corrected chi connectivity index (χ3v) is 7.00. The van der Waals surface area contributed by atoms with Crippen LogP contribution in [0, 0.1) is 5.92 Å². The summed E-state index contributed by atoms with van der Waals surface area (Å²) >= 11 is 0. The van der Waals surface area contributed by atoms with Gasteiger partial charge >= 0.3 is 0 Å². The van der Waals surface area contributed by atoms with Gasteiger partial charge in [0, 0.05) is 38.2 Å². The number of nitrogens with one attached hydrogen (secondary N) is 1. The molecule has 1 N–H and O–H groups in total. The van der Waals surface area contributed by atoms with E-state index in [1.54, 1.807) is 39.5 Å². The Labute approximate surface area is 212 Å². The smallest absolute Gasteiger partial charge is 0.238 e. The first-order valence-corrected chi connectivity index (χ1v) is 12.4. The van der Waals surface area contributed by atoms with E-state index < -0.39 is 0 Å². The van der Waals surface area contributed by atoms with Gasteiger partial charge in [0.1, 0.15) is 17.2 Å². The number of carbonyl (C=O) groups is 2. The van der Waals surface area contributed by atoms with Crippen LogP contribution < -0.4 is 24.4 Å². The van der Waals surface area contributed by atoms with Crippen molar-refractivity contribution in [1.82, 2.24) is 9.80 Å². The fourth-order valence-corrected chi connectivity index (χ4v) is 4.95. The predicted octanol–water partition coefficient (Wildman–Crippen LogP) is 2.71. The highest BCUT2D eigenvalue weighted by molar-refractivity contribution is 5.93. The minimum absolute atomic E-state index is 0.0174. The first kappa shape index (κ1) is 25.6. The van der Waals surface area contributed by atoms with Gasteiger partial charge in [-0.3, -0.25) is 14.5 Å². The summed E-state index contributed by atoms with van der Waals surface area (Å²) < 4.78 is 16.1. The maximum absolute atomic E-state index is 13.2. The van der Waals surface area contributed by atoms with Crippen molar-refractivity contribution in [3.05, 3.63) is 42.5 Å². The van der Waals surface area contributed by atoms with E-state index in [0.29, 0.717) is 30.3 Å². The zero-order chi connectivity index (χ0) is 25.5. The molecule has 0 bridgehead atoms. The van der Waals surface area contributed by atoms with Crippen LogP contribution in [0.2, 0.25) is 0 Å². The molecule has 0 aliphatic carbocycles. The Morgan fingerprint density at radius 2 is 1.56 bits per heavy atom. The van der Waals surface area contributed by atoms with Crippen molar-refractivity contribution >= 4 is 23.2 Å².